The number of hydrogen-bond acceptors (Lipinski definition) is 4. The molecule has 0 bridgehead atoms. The molecule has 0 spiro atoms. The van der Waals surface area contributed by atoms with Gasteiger partial charge in [0.25, 0.3) is 0 Å². The zero-order valence-corrected chi connectivity index (χ0v) is 8.03. The van der Waals surface area contributed by atoms with Crippen molar-refractivity contribution in [3.8, 4) is 0 Å². The fourth-order valence-corrected chi connectivity index (χ4v) is 1.39. The largest absolute Gasteiger partial charge is 0.290 e. The molecule has 1 aromatic rings. The molecule has 0 saturated carbocycles. The van der Waals surface area contributed by atoms with Gasteiger partial charge in [-0.25, -0.2) is 11.0 Å². The van der Waals surface area contributed by atoms with Gasteiger partial charge >= 0.3 is 0 Å². The number of hydrazone groups is 1. The number of rotatable bonds is 1. The standard InChI is InChI=1S/C9H8ClN3O/c10-7-3-1-6(2-4-7)9-8(14)5-13(11)12-9/h1-4H,5,11H2. The fourth-order valence-electron chi connectivity index (χ4n) is 1.27. The summed E-state index contributed by atoms with van der Waals surface area (Å²) in [6.07, 6.45) is 0. The van der Waals surface area contributed by atoms with Crippen LogP contribution in [-0.2, 0) is 4.79 Å². The van der Waals surface area contributed by atoms with Crippen LogP contribution < -0.4 is 5.84 Å². The SMILES string of the molecule is NN1CC(=O)C(c2ccc(Cl)cc2)=N1. The fraction of sp³-hybridized carbons (Fsp3) is 0.111. The number of carbonyl (C=O) groups excluding carboxylic acids is 1. The summed E-state index contributed by atoms with van der Waals surface area (Å²) in [5.41, 5.74) is 1.14. The van der Waals surface area contributed by atoms with Gasteiger partial charge in [0.2, 0.25) is 5.78 Å². The molecule has 0 atom stereocenters. The first-order chi connectivity index (χ1) is 6.66. The van der Waals surface area contributed by atoms with E-state index in [9.17, 15) is 4.79 Å². The van der Waals surface area contributed by atoms with Gasteiger partial charge in [0.15, 0.2) is 0 Å². The maximum Gasteiger partial charge on any atom is 0.206 e. The van der Waals surface area contributed by atoms with E-state index in [1.165, 1.54) is 0 Å². The highest BCUT2D eigenvalue weighted by molar-refractivity contribution is 6.47. The van der Waals surface area contributed by atoms with Crippen LogP contribution in [0.25, 0.3) is 0 Å². The van der Waals surface area contributed by atoms with Crippen molar-refractivity contribution < 1.29 is 4.79 Å². The molecule has 1 aromatic carbocycles. The van der Waals surface area contributed by atoms with E-state index in [-0.39, 0.29) is 12.3 Å². The van der Waals surface area contributed by atoms with E-state index in [1.807, 2.05) is 0 Å². The highest BCUT2D eigenvalue weighted by atomic mass is 35.5. The normalized spacial score (nSPS) is 16.0. The number of ketones is 1. The summed E-state index contributed by atoms with van der Waals surface area (Å²) in [5, 5.41) is 5.66. The Hall–Kier alpha value is -1.39. The number of Topliss-reactive ketones (excluding diaryl/α,β-unsaturated/α-hetero) is 1. The summed E-state index contributed by atoms with van der Waals surface area (Å²) in [7, 11) is 0. The molecule has 0 aliphatic carbocycles. The van der Waals surface area contributed by atoms with E-state index in [1.54, 1.807) is 24.3 Å². The number of halogens is 1. The number of benzene rings is 1. The van der Waals surface area contributed by atoms with Gasteiger partial charge in [-0.1, -0.05) is 23.7 Å². The molecule has 0 fully saturated rings. The summed E-state index contributed by atoms with van der Waals surface area (Å²) in [5.74, 6) is 5.31. The first-order valence-corrected chi connectivity index (χ1v) is 4.44. The molecular formula is C9H8ClN3O. The Kier molecular flexibility index (Phi) is 2.23. The molecule has 0 aromatic heterocycles. The van der Waals surface area contributed by atoms with Crippen LogP contribution >= 0.6 is 11.6 Å². The topological polar surface area (TPSA) is 58.7 Å². The molecule has 1 aliphatic rings. The van der Waals surface area contributed by atoms with Crippen LogP contribution in [0, 0.1) is 0 Å². The number of hydrazine groups is 1. The van der Waals surface area contributed by atoms with Crippen molar-refractivity contribution >= 4 is 23.1 Å². The Morgan fingerprint density at radius 3 is 2.50 bits per heavy atom. The Bertz CT molecular complexity index is 399. The zero-order valence-electron chi connectivity index (χ0n) is 7.27. The average molecular weight is 210 g/mol. The molecule has 4 nitrogen and oxygen atoms in total. The molecule has 5 heteroatoms. The molecule has 72 valence electrons. The highest BCUT2D eigenvalue weighted by Crippen LogP contribution is 2.13. The second kappa shape index (κ2) is 3.40. The summed E-state index contributed by atoms with van der Waals surface area (Å²) < 4.78 is 0. The minimum Gasteiger partial charge on any atom is -0.290 e. The van der Waals surface area contributed by atoms with Crippen LogP contribution in [0.4, 0.5) is 0 Å². The summed E-state index contributed by atoms with van der Waals surface area (Å²) in [4.78, 5) is 11.4. The third-order valence-electron chi connectivity index (χ3n) is 1.92. The van der Waals surface area contributed by atoms with Crippen LogP contribution in [0.3, 0.4) is 0 Å². The maximum atomic E-state index is 11.4. The quantitative estimate of drug-likeness (QED) is 0.697. The first-order valence-electron chi connectivity index (χ1n) is 4.07. The lowest BCUT2D eigenvalue weighted by Crippen LogP contribution is -2.25. The van der Waals surface area contributed by atoms with E-state index in [2.05, 4.69) is 5.10 Å². The monoisotopic (exact) mass is 209 g/mol. The van der Waals surface area contributed by atoms with Crippen LogP contribution in [0.2, 0.25) is 5.02 Å². The summed E-state index contributed by atoms with van der Waals surface area (Å²) in [6.45, 7) is 0.137. The molecule has 1 aliphatic heterocycles. The summed E-state index contributed by atoms with van der Waals surface area (Å²) >= 11 is 5.72. The van der Waals surface area contributed by atoms with E-state index in [4.69, 9.17) is 17.4 Å². The minimum atomic E-state index is -0.0742. The van der Waals surface area contributed by atoms with Gasteiger partial charge in [-0.05, 0) is 12.1 Å². The lowest BCUT2D eigenvalue weighted by Gasteiger charge is -1.99. The third kappa shape index (κ3) is 1.62. The highest BCUT2D eigenvalue weighted by Gasteiger charge is 2.22. The smallest absolute Gasteiger partial charge is 0.206 e. The lowest BCUT2D eigenvalue weighted by atomic mass is 10.1. The van der Waals surface area contributed by atoms with E-state index in [0.29, 0.717) is 10.7 Å². The number of nitrogens with two attached hydrogens (primary N) is 1. The first kappa shape index (κ1) is 9.18. The zero-order chi connectivity index (χ0) is 10.1. The molecule has 2 rings (SSSR count). The Balaban J connectivity index is 2.36. The molecule has 0 saturated heterocycles. The number of hydrogen-bond donors (Lipinski definition) is 1. The van der Waals surface area contributed by atoms with Crippen molar-refractivity contribution in [2.45, 2.75) is 0 Å². The Morgan fingerprint density at radius 2 is 2.00 bits per heavy atom. The third-order valence-corrected chi connectivity index (χ3v) is 2.17. The Morgan fingerprint density at radius 1 is 1.36 bits per heavy atom. The molecule has 0 radical (unpaired) electrons. The predicted octanol–water partition coefficient (Wildman–Crippen LogP) is 0.803. The number of carbonyl (C=O) groups is 1. The van der Waals surface area contributed by atoms with Gasteiger partial charge < -0.3 is 0 Å². The second-order valence-electron chi connectivity index (χ2n) is 2.98. The average Bonchev–Trinajstić information content (AvgIpc) is 2.47. The van der Waals surface area contributed by atoms with Crippen molar-refractivity contribution in [1.29, 1.82) is 0 Å². The molecular weight excluding hydrogens is 202 g/mol. The van der Waals surface area contributed by atoms with Crippen LogP contribution in [0.1, 0.15) is 5.56 Å². The van der Waals surface area contributed by atoms with E-state index in [0.717, 1.165) is 10.7 Å². The molecule has 1 heterocycles. The predicted molar refractivity (Wildman–Crippen MR) is 53.9 cm³/mol. The van der Waals surface area contributed by atoms with Crippen LogP contribution in [-0.4, -0.2) is 23.2 Å². The van der Waals surface area contributed by atoms with Gasteiger partial charge in [0.1, 0.15) is 12.3 Å². The van der Waals surface area contributed by atoms with Crippen molar-refractivity contribution in [3.63, 3.8) is 0 Å². The molecule has 0 unspecified atom stereocenters. The van der Waals surface area contributed by atoms with Gasteiger partial charge in [-0.15, -0.1) is 0 Å². The minimum absolute atomic E-state index is 0.0742. The molecule has 2 N–H and O–H groups in total. The Labute approximate surface area is 85.9 Å². The van der Waals surface area contributed by atoms with Crippen LogP contribution in [0.15, 0.2) is 29.4 Å². The van der Waals surface area contributed by atoms with E-state index < -0.39 is 0 Å². The molecule has 0 amide bonds. The van der Waals surface area contributed by atoms with Crippen molar-refractivity contribution in [3.05, 3.63) is 34.9 Å². The van der Waals surface area contributed by atoms with Crippen molar-refractivity contribution in [1.82, 2.24) is 5.12 Å². The number of nitrogens with zero attached hydrogens (tertiary/aromatic N) is 2. The maximum absolute atomic E-state index is 11.4. The van der Waals surface area contributed by atoms with E-state index >= 15 is 0 Å². The van der Waals surface area contributed by atoms with Crippen LogP contribution in [0.5, 0.6) is 0 Å². The summed E-state index contributed by atoms with van der Waals surface area (Å²) in [6, 6.07) is 6.92. The second-order valence-corrected chi connectivity index (χ2v) is 3.41. The van der Waals surface area contributed by atoms with Gasteiger partial charge in [0.05, 0.1) is 0 Å². The van der Waals surface area contributed by atoms with Crippen molar-refractivity contribution in [2.75, 3.05) is 6.54 Å². The van der Waals surface area contributed by atoms with Gasteiger partial charge in [-0.2, -0.15) is 5.10 Å². The van der Waals surface area contributed by atoms with Gasteiger partial charge in [-0.3, -0.25) is 4.79 Å². The van der Waals surface area contributed by atoms with Gasteiger partial charge in [0, 0.05) is 10.6 Å². The molecule has 14 heavy (non-hydrogen) atoms. The van der Waals surface area contributed by atoms with Crippen molar-refractivity contribution in [2.24, 2.45) is 10.9 Å². The lowest BCUT2D eigenvalue weighted by molar-refractivity contribution is -0.112.